The summed E-state index contributed by atoms with van der Waals surface area (Å²) in [7, 11) is 0. The third kappa shape index (κ3) is 3.19. The van der Waals surface area contributed by atoms with E-state index in [4.69, 9.17) is 10.5 Å². The predicted octanol–water partition coefficient (Wildman–Crippen LogP) is 4.51. The largest absolute Gasteiger partial charge is 0.463 e. The smallest absolute Gasteiger partial charge is 0.338 e. The number of aromatic nitrogens is 1. The number of aromatic amines is 1. The summed E-state index contributed by atoms with van der Waals surface area (Å²) in [5.41, 5.74) is 11.2. The standard InChI is InChI=1S/C26H25N3O3/c1-2-32-26(31)24-22(17-11-12-19-16(15-17)13-14-28-19)23-20(9-6-10-21(23)30)29(25(24)27)18-7-4-3-5-8-18/h3-5,7-8,11-15,22,28H,2,6,9-10,27H2,1H3/t22-/m0/s1. The number of hydrogen-bond acceptors (Lipinski definition) is 5. The second-order valence-electron chi connectivity index (χ2n) is 8.08. The molecule has 0 unspecified atom stereocenters. The Morgan fingerprint density at radius 2 is 1.97 bits per heavy atom. The highest BCUT2D eigenvalue weighted by Gasteiger charge is 2.43. The number of anilines is 1. The van der Waals surface area contributed by atoms with Crippen LogP contribution in [0.2, 0.25) is 0 Å². The molecule has 32 heavy (non-hydrogen) atoms. The summed E-state index contributed by atoms with van der Waals surface area (Å²) in [6.45, 7) is 1.99. The normalized spacial score (nSPS) is 18.8. The van der Waals surface area contributed by atoms with Crippen LogP contribution in [0.4, 0.5) is 5.69 Å². The van der Waals surface area contributed by atoms with Crippen LogP contribution >= 0.6 is 0 Å². The van der Waals surface area contributed by atoms with Crippen LogP contribution in [0.3, 0.4) is 0 Å². The maximum Gasteiger partial charge on any atom is 0.338 e. The molecule has 1 aromatic heterocycles. The number of esters is 1. The molecule has 0 spiro atoms. The summed E-state index contributed by atoms with van der Waals surface area (Å²) in [4.78, 5) is 31.6. The molecular formula is C26H25N3O3. The number of nitrogens with two attached hydrogens (primary N) is 1. The molecular weight excluding hydrogens is 402 g/mol. The Labute approximate surface area is 186 Å². The summed E-state index contributed by atoms with van der Waals surface area (Å²) in [5.74, 6) is -0.672. The maximum atomic E-state index is 13.3. The topological polar surface area (TPSA) is 88.4 Å². The van der Waals surface area contributed by atoms with Crippen LogP contribution in [0, 0.1) is 0 Å². The molecule has 2 heterocycles. The number of nitrogens with one attached hydrogen (secondary N) is 1. The van der Waals surface area contributed by atoms with Crippen molar-refractivity contribution in [3.8, 4) is 0 Å². The van der Waals surface area contributed by atoms with E-state index in [9.17, 15) is 9.59 Å². The number of rotatable bonds is 4. The number of Topliss-reactive ketones (excluding diaryl/α,β-unsaturated/α-hetero) is 1. The van der Waals surface area contributed by atoms with Crippen LogP contribution in [0.15, 0.2) is 83.5 Å². The van der Waals surface area contributed by atoms with Crippen molar-refractivity contribution in [2.24, 2.45) is 5.73 Å². The number of carbonyl (C=O) groups is 2. The van der Waals surface area contributed by atoms with Gasteiger partial charge in [0, 0.05) is 35.1 Å². The Morgan fingerprint density at radius 3 is 2.75 bits per heavy atom. The van der Waals surface area contributed by atoms with Crippen molar-refractivity contribution in [2.45, 2.75) is 32.1 Å². The Kier molecular flexibility index (Phi) is 5.05. The number of ether oxygens (including phenoxy) is 1. The fourth-order valence-electron chi connectivity index (χ4n) is 4.85. The molecule has 0 saturated carbocycles. The van der Waals surface area contributed by atoms with Crippen molar-refractivity contribution in [1.29, 1.82) is 0 Å². The fraction of sp³-hybridized carbons (Fsp3) is 0.231. The Hall–Kier alpha value is -3.80. The first-order chi connectivity index (χ1) is 15.6. The second kappa shape index (κ2) is 8.04. The minimum atomic E-state index is -0.559. The summed E-state index contributed by atoms with van der Waals surface area (Å²) < 4.78 is 5.43. The van der Waals surface area contributed by atoms with Crippen molar-refractivity contribution in [3.63, 3.8) is 0 Å². The van der Waals surface area contributed by atoms with Crippen molar-refractivity contribution in [2.75, 3.05) is 11.5 Å². The lowest BCUT2D eigenvalue weighted by atomic mass is 9.75. The van der Waals surface area contributed by atoms with Gasteiger partial charge in [0.1, 0.15) is 5.82 Å². The van der Waals surface area contributed by atoms with Gasteiger partial charge in [-0.3, -0.25) is 9.69 Å². The molecule has 3 N–H and O–H groups in total. The van der Waals surface area contributed by atoms with Crippen LogP contribution in [-0.2, 0) is 14.3 Å². The fourth-order valence-corrected chi connectivity index (χ4v) is 4.85. The number of para-hydroxylation sites is 1. The molecule has 0 radical (unpaired) electrons. The monoisotopic (exact) mass is 427 g/mol. The third-order valence-corrected chi connectivity index (χ3v) is 6.21. The van der Waals surface area contributed by atoms with Gasteiger partial charge in [0.15, 0.2) is 5.78 Å². The highest BCUT2D eigenvalue weighted by Crippen LogP contribution is 2.47. The minimum Gasteiger partial charge on any atom is -0.463 e. The van der Waals surface area contributed by atoms with Gasteiger partial charge in [0.05, 0.1) is 18.1 Å². The lowest BCUT2D eigenvalue weighted by molar-refractivity contribution is -0.138. The van der Waals surface area contributed by atoms with Gasteiger partial charge in [-0.15, -0.1) is 0 Å². The summed E-state index contributed by atoms with van der Waals surface area (Å²) in [6.07, 6.45) is 3.81. The molecule has 1 aliphatic carbocycles. The second-order valence-corrected chi connectivity index (χ2v) is 8.08. The molecule has 162 valence electrons. The van der Waals surface area contributed by atoms with Gasteiger partial charge in [0.2, 0.25) is 0 Å². The van der Waals surface area contributed by atoms with Crippen molar-refractivity contribution in [3.05, 3.63) is 89.0 Å². The highest BCUT2D eigenvalue weighted by atomic mass is 16.5. The Balaban J connectivity index is 1.77. The Bertz CT molecular complexity index is 1270. The zero-order valence-corrected chi connectivity index (χ0v) is 17.9. The zero-order valence-electron chi connectivity index (χ0n) is 17.9. The quantitative estimate of drug-likeness (QED) is 0.598. The summed E-state index contributed by atoms with van der Waals surface area (Å²) in [6, 6.07) is 17.6. The number of nitrogens with zero attached hydrogens (tertiary/aromatic N) is 1. The van der Waals surface area contributed by atoms with E-state index in [-0.39, 0.29) is 12.4 Å². The molecule has 2 aliphatic rings. The summed E-state index contributed by atoms with van der Waals surface area (Å²) in [5, 5.41) is 1.01. The van der Waals surface area contributed by atoms with E-state index < -0.39 is 11.9 Å². The minimum absolute atomic E-state index is 0.0562. The van der Waals surface area contributed by atoms with E-state index in [0.717, 1.165) is 40.7 Å². The van der Waals surface area contributed by atoms with Gasteiger partial charge in [-0.25, -0.2) is 4.79 Å². The molecule has 0 bridgehead atoms. The third-order valence-electron chi connectivity index (χ3n) is 6.21. The van der Waals surface area contributed by atoms with Gasteiger partial charge >= 0.3 is 5.97 Å². The molecule has 0 fully saturated rings. The number of H-pyrrole nitrogens is 1. The molecule has 2 aromatic carbocycles. The van der Waals surface area contributed by atoms with Crippen molar-refractivity contribution >= 4 is 28.3 Å². The highest BCUT2D eigenvalue weighted by molar-refractivity contribution is 6.05. The van der Waals surface area contributed by atoms with Gasteiger partial charge in [-0.05, 0) is 61.0 Å². The SMILES string of the molecule is CCOC(=O)C1=C(N)N(c2ccccc2)C2=C(C(=O)CCC2)[C@@H]1c1ccc2[nH]ccc2c1. The van der Waals surface area contributed by atoms with E-state index in [1.54, 1.807) is 6.92 Å². The first-order valence-corrected chi connectivity index (χ1v) is 11.0. The van der Waals surface area contributed by atoms with Gasteiger partial charge < -0.3 is 15.5 Å². The van der Waals surface area contributed by atoms with Crippen molar-refractivity contribution < 1.29 is 14.3 Å². The van der Waals surface area contributed by atoms with E-state index in [0.29, 0.717) is 23.4 Å². The molecule has 6 heteroatoms. The summed E-state index contributed by atoms with van der Waals surface area (Å²) >= 11 is 0. The van der Waals surface area contributed by atoms with E-state index >= 15 is 0 Å². The number of hydrogen-bond donors (Lipinski definition) is 2. The molecule has 6 nitrogen and oxygen atoms in total. The lowest BCUT2D eigenvalue weighted by Crippen LogP contribution is -2.41. The van der Waals surface area contributed by atoms with Crippen molar-refractivity contribution in [1.82, 2.24) is 4.98 Å². The number of benzene rings is 2. The molecule has 1 aliphatic heterocycles. The number of fused-ring (bicyclic) bond motifs is 1. The first kappa shape index (κ1) is 20.1. The number of carbonyl (C=O) groups excluding carboxylic acids is 2. The molecule has 3 aromatic rings. The van der Waals surface area contributed by atoms with Gasteiger partial charge in [0.25, 0.3) is 0 Å². The Morgan fingerprint density at radius 1 is 1.16 bits per heavy atom. The number of ketones is 1. The predicted molar refractivity (Wildman–Crippen MR) is 124 cm³/mol. The van der Waals surface area contributed by atoms with Gasteiger partial charge in [-0.1, -0.05) is 24.3 Å². The van der Waals surface area contributed by atoms with Crippen LogP contribution in [0.25, 0.3) is 10.9 Å². The van der Waals surface area contributed by atoms with E-state index in [1.165, 1.54) is 0 Å². The van der Waals surface area contributed by atoms with Crippen LogP contribution in [-0.4, -0.2) is 23.3 Å². The maximum absolute atomic E-state index is 13.3. The molecule has 0 saturated heterocycles. The molecule has 0 amide bonds. The van der Waals surface area contributed by atoms with Crippen LogP contribution < -0.4 is 10.6 Å². The van der Waals surface area contributed by atoms with Gasteiger partial charge in [-0.2, -0.15) is 0 Å². The number of allylic oxidation sites excluding steroid dienone is 2. The van der Waals surface area contributed by atoms with Crippen LogP contribution in [0.1, 0.15) is 37.7 Å². The molecule has 5 rings (SSSR count). The first-order valence-electron chi connectivity index (χ1n) is 11.0. The zero-order chi connectivity index (χ0) is 22.2. The average molecular weight is 428 g/mol. The van der Waals surface area contributed by atoms with E-state index in [1.807, 2.05) is 65.7 Å². The van der Waals surface area contributed by atoms with E-state index in [2.05, 4.69) is 4.98 Å². The molecule has 1 atom stereocenters. The van der Waals surface area contributed by atoms with Crippen LogP contribution in [0.5, 0.6) is 0 Å². The average Bonchev–Trinajstić information content (AvgIpc) is 3.27. The lowest BCUT2D eigenvalue weighted by Gasteiger charge is -2.40.